The van der Waals surface area contributed by atoms with Gasteiger partial charge in [-0.05, 0) is 50.4 Å². The fourth-order valence-electron chi connectivity index (χ4n) is 2.43. The van der Waals surface area contributed by atoms with Crippen LogP contribution in [0.15, 0.2) is 48.7 Å². The minimum Gasteiger partial charge on any atom is -0.310 e. The average molecular weight is 268 g/mol. The summed E-state index contributed by atoms with van der Waals surface area (Å²) in [4.78, 5) is 4.41. The fourth-order valence-corrected chi connectivity index (χ4v) is 2.43. The third-order valence-corrected chi connectivity index (χ3v) is 3.50. The second kappa shape index (κ2) is 7.81. The van der Waals surface area contributed by atoms with Crippen LogP contribution in [0.25, 0.3) is 0 Å². The lowest BCUT2D eigenvalue weighted by atomic mass is 9.99. The number of nitrogens with zero attached hydrogens (tertiary/aromatic N) is 1. The Bertz CT molecular complexity index is 508. The second-order valence-electron chi connectivity index (χ2n) is 5.28. The van der Waals surface area contributed by atoms with Crippen molar-refractivity contribution in [2.45, 2.75) is 39.2 Å². The minimum atomic E-state index is 0.414. The number of hydrogen-bond donors (Lipinski definition) is 1. The van der Waals surface area contributed by atoms with Crippen LogP contribution in [0.1, 0.15) is 42.6 Å². The number of aryl methyl sites for hydroxylation is 2. The molecule has 0 fully saturated rings. The summed E-state index contributed by atoms with van der Waals surface area (Å²) in [6, 6.07) is 15.3. The van der Waals surface area contributed by atoms with Gasteiger partial charge >= 0.3 is 0 Å². The van der Waals surface area contributed by atoms with Crippen LogP contribution in [0.4, 0.5) is 0 Å². The van der Waals surface area contributed by atoms with Crippen LogP contribution in [-0.4, -0.2) is 11.5 Å². The lowest BCUT2D eigenvalue weighted by molar-refractivity contribution is 0.497. The third-order valence-electron chi connectivity index (χ3n) is 3.50. The Kier molecular flexibility index (Phi) is 5.75. The van der Waals surface area contributed by atoms with Gasteiger partial charge in [0.2, 0.25) is 0 Å². The number of nitrogens with one attached hydrogen (secondary N) is 1. The second-order valence-corrected chi connectivity index (χ2v) is 5.28. The lowest BCUT2D eigenvalue weighted by Gasteiger charge is -2.19. The van der Waals surface area contributed by atoms with E-state index in [1.54, 1.807) is 0 Å². The van der Waals surface area contributed by atoms with Gasteiger partial charge in [0.1, 0.15) is 0 Å². The molecule has 2 rings (SSSR count). The highest BCUT2D eigenvalue weighted by molar-refractivity contribution is 5.25. The van der Waals surface area contributed by atoms with Crippen molar-refractivity contribution >= 4 is 0 Å². The molecule has 0 spiro atoms. The fraction of sp³-hybridized carbons (Fsp3) is 0.389. The molecule has 1 heterocycles. The molecule has 1 aromatic carbocycles. The van der Waals surface area contributed by atoms with Gasteiger partial charge < -0.3 is 5.32 Å². The summed E-state index contributed by atoms with van der Waals surface area (Å²) in [5.41, 5.74) is 3.88. The zero-order valence-electron chi connectivity index (χ0n) is 12.5. The van der Waals surface area contributed by atoms with E-state index in [1.165, 1.54) is 16.8 Å². The van der Waals surface area contributed by atoms with Crippen molar-refractivity contribution in [1.29, 1.82) is 0 Å². The minimum absolute atomic E-state index is 0.414. The largest absolute Gasteiger partial charge is 0.310 e. The summed E-state index contributed by atoms with van der Waals surface area (Å²) in [7, 11) is 0. The summed E-state index contributed by atoms with van der Waals surface area (Å²) in [5.74, 6) is 0. The first-order valence-electron chi connectivity index (χ1n) is 7.49. The highest BCUT2D eigenvalue weighted by atomic mass is 14.9. The highest BCUT2D eigenvalue weighted by Crippen LogP contribution is 2.20. The van der Waals surface area contributed by atoms with Gasteiger partial charge in [0.05, 0.1) is 0 Å². The number of benzene rings is 1. The van der Waals surface area contributed by atoms with Gasteiger partial charge in [0.25, 0.3) is 0 Å². The average Bonchev–Trinajstić information content (AvgIpc) is 2.48. The first kappa shape index (κ1) is 14.7. The van der Waals surface area contributed by atoms with Crippen LogP contribution in [-0.2, 0) is 6.42 Å². The van der Waals surface area contributed by atoms with E-state index in [1.807, 2.05) is 12.3 Å². The topological polar surface area (TPSA) is 24.9 Å². The standard InChI is InChI=1S/C18H24N2/c1-3-12-20-18(16-8-6-7-15(2)14-16)11-10-17-9-4-5-13-19-17/h4-9,13-14,18,20H,3,10-12H2,1-2H3. The SMILES string of the molecule is CCCNC(CCc1ccccn1)c1cccc(C)c1. The smallest absolute Gasteiger partial charge is 0.0404 e. The number of pyridine rings is 1. The van der Waals surface area contributed by atoms with E-state index in [-0.39, 0.29) is 0 Å². The zero-order valence-corrected chi connectivity index (χ0v) is 12.5. The zero-order chi connectivity index (χ0) is 14.2. The molecule has 0 radical (unpaired) electrons. The van der Waals surface area contributed by atoms with Crippen molar-refractivity contribution in [1.82, 2.24) is 10.3 Å². The molecule has 0 saturated carbocycles. The molecular weight excluding hydrogens is 244 g/mol. The van der Waals surface area contributed by atoms with Gasteiger partial charge in [-0.25, -0.2) is 0 Å². The van der Waals surface area contributed by atoms with Crippen LogP contribution in [0.3, 0.4) is 0 Å². The van der Waals surface area contributed by atoms with Crippen molar-refractivity contribution in [2.24, 2.45) is 0 Å². The molecule has 0 aliphatic rings. The Morgan fingerprint density at radius 1 is 1.15 bits per heavy atom. The Morgan fingerprint density at radius 2 is 2.05 bits per heavy atom. The van der Waals surface area contributed by atoms with Gasteiger partial charge in [0, 0.05) is 17.9 Å². The quantitative estimate of drug-likeness (QED) is 0.819. The molecule has 1 atom stereocenters. The molecule has 0 amide bonds. The highest BCUT2D eigenvalue weighted by Gasteiger charge is 2.11. The number of aromatic nitrogens is 1. The molecule has 20 heavy (non-hydrogen) atoms. The van der Waals surface area contributed by atoms with Crippen molar-refractivity contribution in [3.05, 3.63) is 65.5 Å². The van der Waals surface area contributed by atoms with Crippen LogP contribution in [0.2, 0.25) is 0 Å². The van der Waals surface area contributed by atoms with Crippen molar-refractivity contribution in [3.8, 4) is 0 Å². The Hall–Kier alpha value is -1.67. The van der Waals surface area contributed by atoms with E-state index in [0.29, 0.717) is 6.04 Å². The van der Waals surface area contributed by atoms with Crippen LogP contribution in [0, 0.1) is 6.92 Å². The maximum Gasteiger partial charge on any atom is 0.0404 e. The molecule has 0 saturated heterocycles. The number of rotatable bonds is 7. The molecule has 0 aliphatic heterocycles. The number of hydrogen-bond acceptors (Lipinski definition) is 2. The third kappa shape index (κ3) is 4.46. The maximum absolute atomic E-state index is 4.41. The predicted octanol–water partition coefficient (Wildman–Crippen LogP) is 4.06. The van der Waals surface area contributed by atoms with E-state index in [2.05, 4.69) is 60.5 Å². The maximum atomic E-state index is 4.41. The molecule has 2 aromatic rings. The first-order valence-corrected chi connectivity index (χ1v) is 7.49. The van der Waals surface area contributed by atoms with Gasteiger partial charge in [-0.3, -0.25) is 4.98 Å². The molecule has 2 heteroatoms. The molecule has 0 aliphatic carbocycles. The van der Waals surface area contributed by atoms with Crippen LogP contribution < -0.4 is 5.32 Å². The van der Waals surface area contributed by atoms with Crippen LogP contribution >= 0.6 is 0 Å². The molecule has 1 N–H and O–H groups in total. The summed E-state index contributed by atoms with van der Waals surface area (Å²) in [6.07, 6.45) is 5.12. The first-order chi connectivity index (χ1) is 9.79. The summed E-state index contributed by atoms with van der Waals surface area (Å²) < 4.78 is 0. The van der Waals surface area contributed by atoms with E-state index in [9.17, 15) is 0 Å². The summed E-state index contributed by atoms with van der Waals surface area (Å²) in [5, 5.41) is 3.66. The van der Waals surface area contributed by atoms with E-state index < -0.39 is 0 Å². The molecule has 1 aromatic heterocycles. The lowest BCUT2D eigenvalue weighted by Crippen LogP contribution is -2.23. The van der Waals surface area contributed by atoms with E-state index in [0.717, 1.165) is 25.8 Å². The molecule has 2 nitrogen and oxygen atoms in total. The Labute approximate surface area is 122 Å². The molecular formula is C18H24N2. The normalized spacial score (nSPS) is 12.3. The van der Waals surface area contributed by atoms with Gasteiger partial charge in [0.15, 0.2) is 0 Å². The van der Waals surface area contributed by atoms with Gasteiger partial charge in [-0.2, -0.15) is 0 Å². The van der Waals surface area contributed by atoms with Gasteiger partial charge in [-0.1, -0.05) is 42.8 Å². The molecule has 0 bridgehead atoms. The Balaban J connectivity index is 2.03. The summed E-state index contributed by atoms with van der Waals surface area (Å²) >= 11 is 0. The molecule has 1 unspecified atom stereocenters. The predicted molar refractivity (Wildman–Crippen MR) is 84.8 cm³/mol. The van der Waals surface area contributed by atoms with E-state index >= 15 is 0 Å². The summed E-state index contributed by atoms with van der Waals surface area (Å²) in [6.45, 7) is 5.42. The van der Waals surface area contributed by atoms with Crippen molar-refractivity contribution in [2.75, 3.05) is 6.54 Å². The van der Waals surface area contributed by atoms with Crippen LogP contribution in [0.5, 0.6) is 0 Å². The van der Waals surface area contributed by atoms with Gasteiger partial charge in [-0.15, -0.1) is 0 Å². The van der Waals surface area contributed by atoms with E-state index in [4.69, 9.17) is 0 Å². The molecule has 106 valence electrons. The van der Waals surface area contributed by atoms with Crippen molar-refractivity contribution < 1.29 is 0 Å². The Morgan fingerprint density at radius 3 is 2.75 bits per heavy atom. The van der Waals surface area contributed by atoms with Crippen molar-refractivity contribution in [3.63, 3.8) is 0 Å². The monoisotopic (exact) mass is 268 g/mol.